The fourth-order valence-corrected chi connectivity index (χ4v) is 1.72. The first kappa shape index (κ1) is 15.5. The summed E-state index contributed by atoms with van der Waals surface area (Å²) in [4.78, 5) is 1.95. The quantitative estimate of drug-likeness (QED) is 0.847. The zero-order valence-electron chi connectivity index (χ0n) is 12.1. The molecule has 4 nitrogen and oxygen atoms in total. The number of hydrogen-bond acceptors (Lipinski definition) is 4. The van der Waals surface area contributed by atoms with Crippen molar-refractivity contribution >= 4 is 5.69 Å². The molecule has 0 spiro atoms. The molecule has 104 valence electrons. The van der Waals surface area contributed by atoms with E-state index in [0.717, 1.165) is 5.69 Å². The number of nitriles is 1. The molecule has 1 rings (SSSR count). The lowest BCUT2D eigenvalue weighted by molar-refractivity contribution is 0.167. The third kappa shape index (κ3) is 5.73. The molecule has 0 fully saturated rings. The number of aliphatic hydroxyl groups excluding tert-OH is 1. The van der Waals surface area contributed by atoms with Gasteiger partial charge in [-0.2, -0.15) is 5.26 Å². The molecular formula is C15H23N3O. The minimum Gasteiger partial charge on any atom is -0.390 e. The summed E-state index contributed by atoms with van der Waals surface area (Å²) in [6, 6.07) is 9.50. The van der Waals surface area contributed by atoms with Crippen molar-refractivity contribution in [2.24, 2.45) is 0 Å². The largest absolute Gasteiger partial charge is 0.390 e. The van der Waals surface area contributed by atoms with Crippen LogP contribution in [0.15, 0.2) is 24.3 Å². The molecule has 1 atom stereocenters. The lowest BCUT2D eigenvalue weighted by atomic mass is 10.1. The van der Waals surface area contributed by atoms with Crippen LogP contribution < -0.4 is 10.2 Å². The van der Waals surface area contributed by atoms with Gasteiger partial charge in [-0.25, -0.2) is 0 Å². The molecule has 0 saturated heterocycles. The Morgan fingerprint density at radius 2 is 2.11 bits per heavy atom. The second-order valence-corrected chi connectivity index (χ2v) is 5.83. The van der Waals surface area contributed by atoms with Crippen molar-refractivity contribution in [3.63, 3.8) is 0 Å². The van der Waals surface area contributed by atoms with Crippen LogP contribution in [0.1, 0.15) is 26.3 Å². The van der Waals surface area contributed by atoms with Crippen LogP contribution in [0.25, 0.3) is 0 Å². The molecule has 0 aliphatic rings. The number of β-amino-alcohol motifs (C(OH)–C–C–N with tert-alkyl or cyclic N) is 1. The van der Waals surface area contributed by atoms with E-state index in [0.29, 0.717) is 18.7 Å². The first-order valence-corrected chi connectivity index (χ1v) is 6.46. The predicted molar refractivity (Wildman–Crippen MR) is 78.2 cm³/mol. The zero-order valence-corrected chi connectivity index (χ0v) is 12.1. The molecule has 2 N–H and O–H groups in total. The van der Waals surface area contributed by atoms with E-state index < -0.39 is 6.10 Å². The second kappa shape index (κ2) is 6.55. The number of rotatable bonds is 5. The van der Waals surface area contributed by atoms with Crippen LogP contribution in [-0.4, -0.2) is 36.9 Å². The van der Waals surface area contributed by atoms with Gasteiger partial charge in [0.1, 0.15) is 0 Å². The normalized spacial score (nSPS) is 12.8. The van der Waals surface area contributed by atoms with Crippen molar-refractivity contribution in [3.8, 4) is 6.07 Å². The number of benzene rings is 1. The molecule has 0 bridgehead atoms. The van der Waals surface area contributed by atoms with Gasteiger partial charge in [0, 0.05) is 31.4 Å². The van der Waals surface area contributed by atoms with Gasteiger partial charge in [-0.05, 0) is 39.0 Å². The van der Waals surface area contributed by atoms with Gasteiger partial charge in [0.15, 0.2) is 0 Å². The van der Waals surface area contributed by atoms with E-state index in [2.05, 4.69) is 32.2 Å². The number of likely N-dealkylation sites (N-methyl/N-ethyl adjacent to an activating group) is 1. The smallest absolute Gasteiger partial charge is 0.0992 e. The molecule has 0 radical (unpaired) electrons. The van der Waals surface area contributed by atoms with E-state index in [-0.39, 0.29) is 5.54 Å². The highest BCUT2D eigenvalue weighted by atomic mass is 16.3. The van der Waals surface area contributed by atoms with Crippen molar-refractivity contribution in [2.75, 3.05) is 25.0 Å². The highest BCUT2D eigenvalue weighted by Gasteiger charge is 2.14. The van der Waals surface area contributed by atoms with Gasteiger partial charge in [-0.3, -0.25) is 0 Å². The Kier molecular flexibility index (Phi) is 5.34. The van der Waals surface area contributed by atoms with Gasteiger partial charge in [0.05, 0.1) is 17.7 Å². The minimum atomic E-state index is -0.449. The molecule has 1 unspecified atom stereocenters. The minimum absolute atomic E-state index is 0.000274. The van der Waals surface area contributed by atoms with Crippen molar-refractivity contribution in [1.82, 2.24) is 5.32 Å². The zero-order chi connectivity index (χ0) is 14.5. The molecule has 4 heteroatoms. The maximum Gasteiger partial charge on any atom is 0.0992 e. The lowest BCUT2D eigenvalue weighted by Crippen LogP contribution is -2.44. The average Bonchev–Trinajstić information content (AvgIpc) is 2.35. The maximum atomic E-state index is 10.0. The summed E-state index contributed by atoms with van der Waals surface area (Å²) in [6.07, 6.45) is -0.449. The molecule has 0 saturated carbocycles. The average molecular weight is 261 g/mol. The van der Waals surface area contributed by atoms with Gasteiger partial charge < -0.3 is 15.3 Å². The number of nitrogens with zero attached hydrogens (tertiary/aromatic N) is 2. The molecule has 1 aromatic rings. The number of aliphatic hydroxyl groups is 1. The van der Waals surface area contributed by atoms with Crippen LogP contribution in [0.4, 0.5) is 5.69 Å². The summed E-state index contributed by atoms with van der Waals surface area (Å²) in [6.45, 7) is 7.28. The first-order chi connectivity index (χ1) is 8.81. The van der Waals surface area contributed by atoms with Gasteiger partial charge in [-0.15, -0.1) is 0 Å². The first-order valence-electron chi connectivity index (χ1n) is 6.46. The highest BCUT2D eigenvalue weighted by Crippen LogP contribution is 2.14. The lowest BCUT2D eigenvalue weighted by Gasteiger charge is -2.26. The van der Waals surface area contributed by atoms with Crippen LogP contribution in [-0.2, 0) is 0 Å². The third-order valence-electron chi connectivity index (χ3n) is 2.77. The molecule has 0 amide bonds. The van der Waals surface area contributed by atoms with E-state index in [4.69, 9.17) is 5.26 Å². The van der Waals surface area contributed by atoms with E-state index in [9.17, 15) is 5.11 Å². The summed E-state index contributed by atoms with van der Waals surface area (Å²) < 4.78 is 0. The molecule has 1 aromatic carbocycles. The number of nitrogens with one attached hydrogen (secondary N) is 1. The Balaban J connectivity index is 2.54. The predicted octanol–water partition coefficient (Wildman–Crippen LogP) is 1.74. The van der Waals surface area contributed by atoms with Gasteiger partial charge in [-0.1, -0.05) is 6.07 Å². The topological polar surface area (TPSA) is 59.3 Å². The van der Waals surface area contributed by atoms with Crippen LogP contribution in [0, 0.1) is 11.3 Å². The summed E-state index contributed by atoms with van der Waals surface area (Å²) >= 11 is 0. The van der Waals surface area contributed by atoms with Crippen LogP contribution in [0.2, 0.25) is 0 Å². The summed E-state index contributed by atoms with van der Waals surface area (Å²) in [5, 5.41) is 22.1. The van der Waals surface area contributed by atoms with Crippen molar-refractivity contribution < 1.29 is 5.11 Å². The molecular weight excluding hydrogens is 238 g/mol. The Bertz CT molecular complexity index is 445. The Hall–Kier alpha value is -1.57. The Labute approximate surface area is 115 Å². The summed E-state index contributed by atoms with van der Waals surface area (Å²) in [7, 11) is 1.91. The third-order valence-corrected chi connectivity index (χ3v) is 2.77. The summed E-state index contributed by atoms with van der Waals surface area (Å²) in [5.41, 5.74) is 1.57. The SMILES string of the molecule is CN(CC(O)CNC(C)(C)C)c1cccc(C#N)c1. The standard InChI is InChI=1S/C15H23N3O/c1-15(2,3)17-10-14(19)11-18(4)13-7-5-6-12(8-13)9-16/h5-8,14,17,19H,10-11H2,1-4H3. The fraction of sp³-hybridized carbons (Fsp3) is 0.533. The van der Waals surface area contributed by atoms with Gasteiger partial charge >= 0.3 is 0 Å². The van der Waals surface area contributed by atoms with E-state index in [1.165, 1.54) is 0 Å². The molecule has 0 aromatic heterocycles. The molecule has 0 aliphatic heterocycles. The van der Waals surface area contributed by atoms with Crippen LogP contribution in [0.5, 0.6) is 0 Å². The van der Waals surface area contributed by atoms with E-state index >= 15 is 0 Å². The second-order valence-electron chi connectivity index (χ2n) is 5.83. The van der Waals surface area contributed by atoms with E-state index in [1.54, 1.807) is 6.07 Å². The monoisotopic (exact) mass is 261 g/mol. The van der Waals surface area contributed by atoms with Crippen molar-refractivity contribution in [1.29, 1.82) is 5.26 Å². The molecule has 19 heavy (non-hydrogen) atoms. The fourth-order valence-electron chi connectivity index (χ4n) is 1.72. The summed E-state index contributed by atoms with van der Waals surface area (Å²) in [5.74, 6) is 0. The number of hydrogen-bond donors (Lipinski definition) is 2. The maximum absolute atomic E-state index is 10.0. The van der Waals surface area contributed by atoms with Gasteiger partial charge in [0.25, 0.3) is 0 Å². The van der Waals surface area contributed by atoms with Crippen molar-refractivity contribution in [2.45, 2.75) is 32.4 Å². The molecule has 0 aliphatic carbocycles. The van der Waals surface area contributed by atoms with Crippen molar-refractivity contribution in [3.05, 3.63) is 29.8 Å². The number of anilines is 1. The van der Waals surface area contributed by atoms with Crippen LogP contribution >= 0.6 is 0 Å². The Morgan fingerprint density at radius 3 is 2.68 bits per heavy atom. The van der Waals surface area contributed by atoms with E-state index in [1.807, 2.05) is 30.1 Å². The van der Waals surface area contributed by atoms with Crippen LogP contribution in [0.3, 0.4) is 0 Å². The van der Waals surface area contributed by atoms with Gasteiger partial charge in [0.2, 0.25) is 0 Å². The Morgan fingerprint density at radius 1 is 1.42 bits per heavy atom. The highest BCUT2D eigenvalue weighted by molar-refractivity contribution is 5.50. The molecule has 0 heterocycles.